The molecule has 0 bridgehead atoms. The molecular weight excluding hydrogens is 230 g/mol. The predicted octanol–water partition coefficient (Wildman–Crippen LogP) is 0.000920. The van der Waals surface area contributed by atoms with E-state index in [-0.39, 0.29) is 6.04 Å². The van der Waals surface area contributed by atoms with Gasteiger partial charge in [-0.05, 0) is 19.3 Å². The first-order chi connectivity index (χ1) is 8.40. The largest absolute Gasteiger partial charge is 0.365 e. The van der Waals surface area contributed by atoms with Gasteiger partial charge in [-0.2, -0.15) is 5.10 Å². The Morgan fingerprint density at radius 2 is 2.11 bits per heavy atom. The molecule has 0 aromatic carbocycles. The summed E-state index contributed by atoms with van der Waals surface area (Å²) in [4.78, 5) is 13.7. The molecule has 2 unspecified atom stereocenters. The number of rotatable bonds is 2. The third-order valence-corrected chi connectivity index (χ3v) is 3.43. The van der Waals surface area contributed by atoms with E-state index in [1.54, 1.807) is 11.6 Å². The first-order valence-electron chi connectivity index (χ1n) is 6.24. The van der Waals surface area contributed by atoms with Gasteiger partial charge in [-0.3, -0.25) is 9.48 Å². The highest BCUT2D eigenvalue weighted by molar-refractivity contribution is 5.99. The third-order valence-electron chi connectivity index (χ3n) is 3.43. The number of anilines is 1. The SMILES string of the molecule is Cc1nn(C)c(N2CC(C)CC(N)C2)c1C(N)=O. The molecule has 0 aliphatic carbocycles. The van der Waals surface area contributed by atoms with Gasteiger partial charge in [-0.25, -0.2) is 0 Å². The molecule has 1 amide bonds. The highest BCUT2D eigenvalue weighted by Gasteiger charge is 2.28. The molecule has 1 aromatic heterocycles. The van der Waals surface area contributed by atoms with Crippen LogP contribution in [0.15, 0.2) is 0 Å². The van der Waals surface area contributed by atoms with Crippen molar-refractivity contribution >= 4 is 11.7 Å². The van der Waals surface area contributed by atoms with Crippen LogP contribution in [0.3, 0.4) is 0 Å². The topological polar surface area (TPSA) is 90.2 Å². The van der Waals surface area contributed by atoms with Crippen molar-refractivity contribution in [3.8, 4) is 0 Å². The van der Waals surface area contributed by atoms with Gasteiger partial charge in [0.05, 0.1) is 5.69 Å². The molecule has 1 aromatic rings. The second kappa shape index (κ2) is 4.61. The van der Waals surface area contributed by atoms with Crippen LogP contribution in [0.2, 0.25) is 0 Å². The first-order valence-corrected chi connectivity index (χ1v) is 6.24. The summed E-state index contributed by atoms with van der Waals surface area (Å²) >= 11 is 0. The van der Waals surface area contributed by atoms with Crippen molar-refractivity contribution in [3.05, 3.63) is 11.3 Å². The number of nitrogens with zero attached hydrogens (tertiary/aromatic N) is 3. The number of carbonyl (C=O) groups is 1. The smallest absolute Gasteiger partial charge is 0.254 e. The Bertz CT molecular complexity index is 457. The number of carbonyl (C=O) groups excluding carboxylic acids is 1. The molecule has 0 saturated carbocycles. The van der Waals surface area contributed by atoms with Gasteiger partial charge < -0.3 is 16.4 Å². The second-order valence-electron chi connectivity index (χ2n) is 5.28. The molecule has 1 aliphatic heterocycles. The molecule has 18 heavy (non-hydrogen) atoms. The number of primary amides is 1. The molecule has 1 aliphatic rings. The molecule has 4 N–H and O–H groups in total. The lowest BCUT2D eigenvalue weighted by Crippen LogP contribution is -2.47. The zero-order valence-electron chi connectivity index (χ0n) is 11.2. The predicted molar refractivity (Wildman–Crippen MR) is 70.4 cm³/mol. The molecule has 6 nitrogen and oxygen atoms in total. The van der Waals surface area contributed by atoms with E-state index in [1.807, 2.05) is 7.05 Å². The Hall–Kier alpha value is -1.56. The van der Waals surface area contributed by atoms with Crippen molar-refractivity contribution in [1.29, 1.82) is 0 Å². The van der Waals surface area contributed by atoms with Gasteiger partial charge >= 0.3 is 0 Å². The van der Waals surface area contributed by atoms with Crippen molar-refractivity contribution in [3.63, 3.8) is 0 Å². The number of aryl methyl sites for hydroxylation is 2. The van der Waals surface area contributed by atoms with Gasteiger partial charge in [-0.1, -0.05) is 6.92 Å². The summed E-state index contributed by atoms with van der Waals surface area (Å²) in [5.41, 5.74) is 12.7. The maximum Gasteiger partial charge on any atom is 0.254 e. The maximum absolute atomic E-state index is 11.6. The molecule has 2 rings (SSSR count). The summed E-state index contributed by atoms with van der Waals surface area (Å²) in [6.07, 6.45) is 1.01. The van der Waals surface area contributed by atoms with Crippen molar-refractivity contribution in [2.45, 2.75) is 26.3 Å². The highest BCUT2D eigenvalue weighted by Crippen LogP contribution is 2.27. The summed E-state index contributed by atoms with van der Waals surface area (Å²) in [7, 11) is 1.83. The molecule has 2 atom stereocenters. The van der Waals surface area contributed by atoms with E-state index < -0.39 is 5.91 Å². The molecule has 100 valence electrons. The standard InChI is InChI=1S/C12H21N5O/c1-7-4-9(13)6-17(5-7)12-10(11(14)18)8(2)15-16(12)3/h7,9H,4-6,13H2,1-3H3,(H2,14,18). The summed E-state index contributed by atoms with van der Waals surface area (Å²) in [6, 6.07) is 0.129. The monoisotopic (exact) mass is 251 g/mol. The van der Waals surface area contributed by atoms with Crippen molar-refractivity contribution < 1.29 is 4.79 Å². The van der Waals surface area contributed by atoms with Gasteiger partial charge in [0.1, 0.15) is 11.4 Å². The van der Waals surface area contributed by atoms with Crippen LogP contribution in [0.25, 0.3) is 0 Å². The minimum atomic E-state index is -0.428. The van der Waals surface area contributed by atoms with E-state index in [4.69, 9.17) is 11.5 Å². The van der Waals surface area contributed by atoms with E-state index in [2.05, 4.69) is 16.9 Å². The van der Waals surface area contributed by atoms with Gasteiger partial charge in [0, 0.05) is 26.2 Å². The Balaban J connectivity index is 2.41. The lowest BCUT2D eigenvalue weighted by atomic mass is 9.96. The molecule has 6 heteroatoms. The molecule has 1 saturated heterocycles. The van der Waals surface area contributed by atoms with Crippen molar-refractivity contribution in [1.82, 2.24) is 9.78 Å². The van der Waals surface area contributed by atoms with Crippen molar-refractivity contribution in [2.75, 3.05) is 18.0 Å². The fourth-order valence-corrected chi connectivity index (χ4v) is 2.87. The normalized spacial score (nSPS) is 24.3. The minimum absolute atomic E-state index is 0.129. The number of aromatic nitrogens is 2. The average molecular weight is 251 g/mol. The van der Waals surface area contributed by atoms with Crippen LogP contribution in [0, 0.1) is 12.8 Å². The van der Waals surface area contributed by atoms with Gasteiger partial charge in [0.15, 0.2) is 0 Å². The van der Waals surface area contributed by atoms with E-state index in [1.165, 1.54) is 0 Å². The van der Waals surface area contributed by atoms with E-state index in [0.29, 0.717) is 17.2 Å². The van der Waals surface area contributed by atoms with Crippen LogP contribution in [-0.2, 0) is 7.05 Å². The number of hydrogen-bond acceptors (Lipinski definition) is 4. The Kier molecular flexibility index (Phi) is 3.30. The van der Waals surface area contributed by atoms with Gasteiger partial charge in [0.2, 0.25) is 0 Å². The highest BCUT2D eigenvalue weighted by atomic mass is 16.1. The number of amides is 1. The Morgan fingerprint density at radius 1 is 1.44 bits per heavy atom. The van der Waals surface area contributed by atoms with Crippen LogP contribution in [0.1, 0.15) is 29.4 Å². The fraction of sp³-hybridized carbons (Fsp3) is 0.667. The summed E-state index contributed by atoms with van der Waals surface area (Å²) < 4.78 is 1.72. The Morgan fingerprint density at radius 3 is 2.67 bits per heavy atom. The molecular formula is C12H21N5O. The summed E-state index contributed by atoms with van der Waals surface area (Å²) in [5, 5.41) is 4.29. The van der Waals surface area contributed by atoms with Crippen LogP contribution in [0.5, 0.6) is 0 Å². The van der Waals surface area contributed by atoms with Crippen LogP contribution in [-0.4, -0.2) is 34.8 Å². The molecule has 0 spiro atoms. The molecule has 2 heterocycles. The molecule has 1 fully saturated rings. The maximum atomic E-state index is 11.6. The number of piperidine rings is 1. The van der Waals surface area contributed by atoms with E-state index in [9.17, 15) is 4.79 Å². The zero-order valence-corrected chi connectivity index (χ0v) is 11.2. The quantitative estimate of drug-likeness (QED) is 0.774. The van der Waals surface area contributed by atoms with E-state index in [0.717, 1.165) is 25.3 Å². The minimum Gasteiger partial charge on any atom is -0.365 e. The summed E-state index contributed by atoms with van der Waals surface area (Å²) in [6.45, 7) is 5.59. The van der Waals surface area contributed by atoms with Crippen LogP contribution in [0.4, 0.5) is 5.82 Å². The lowest BCUT2D eigenvalue weighted by molar-refractivity contribution is 0.1000. The van der Waals surface area contributed by atoms with Gasteiger partial charge in [0.25, 0.3) is 5.91 Å². The Labute approximate surface area is 107 Å². The third kappa shape index (κ3) is 2.20. The second-order valence-corrected chi connectivity index (χ2v) is 5.28. The number of nitrogens with two attached hydrogens (primary N) is 2. The van der Waals surface area contributed by atoms with Crippen LogP contribution >= 0.6 is 0 Å². The van der Waals surface area contributed by atoms with Crippen molar-refractivity contribution in [2.24, 2.45) is 24.4 Å². The van der Waals surface area contributed by atoms with Crippen LogP contribution < -0.4 is 16.4 Å². The zero-order chi connectivity index (χ0) is 13.4. The van der Waals surface area contributed by atoms with Gasteiger partial charge in [-0.15, -0.1) is 0 Å². The average Bonchev–Trinajstić information content (AvgIpc) is 2.51. The number of hydrogen-bond donors (Lipinski definition) is 2. The van der Waals surface area contributed by atoms with E-state index >= 15 is 0 Å². The summed E-state index contributed by atoms with van der Waals surface area (Å²) in [5.74, 6) is 0.870. The lowest BCUT2D eigenvalue weighted by Gasteiger charge is -2.36. The fourth-order valence-electron chi connectivity index (χ4n) is 2.87. The molecule has 0 radical (unpaired) electrons. The first kappa shape index (κ1) is 12.9.